The predicted molar refractivity (Wildman–Crippen MR) is 117 cm³/mol. The molecule has 31 heavy (non-hydrogen) atoms. The standard InChI is InChI=1S/C21H18Cl2N4O4/c1-11-17(20(28)24-12-5-7-14(8-6-12)27(30)31)19(18-15(22)3-2-4-16(18)23)25-21(29)26(11)13-9-10-13/h2-8,13,19H,9-10H2,1H3,(H,24,28)(H,25,29). The Morgan fingerprint density at radius 1 is 1.16 bits per heavy atom. The molecular weight excluding hydrogens is 443 g/mol. The van der Waals surface area contributed by atoms with Crippen LogP contribution in [0.2, 0.25) is 10.0 Å². The molecule has 0 spiro atoms. The van der Waals surface area contributed by atoms with Gasteiger partial charge in [-0.1, -0.05) is 29.3 Å². The van der Waals surface area contributed by atoms with Crippen molar-refractivity contribution in [3.63, 3.8) is 0 Å². The molecule has 1 saturated carbocycles. The average molecular weight is 461 g/mol. The van der Waals surface area contributed by atoms with Gasteiger partial charge < -0.3 is 10.6 Å². The second-order valence-corrected chi connectivity index (χ2v) is 8.19. The number of nitro benzene ring substituents is 1. The summed E-state index contributed by atoms with van der Waals surface area (Å²) in [4.78, 5) is 38.1. The fraction of sp³-hybridized carbons (Fsp3) is 0.238. The number of anilines is 1. The number of rotatable bonds is 5. The molecule has 2 aromatic rings. The Balaban J connectivity index is 1.74. The monoisotopic (exact) mass is 460 g/mol. The van der Waals surface area contributed by atoms with Crippen molar-refractivity contribution in [2.24, 2.45) is 0 Å². The van der Waals surface area contributed by atoms with E-state index in [2.05, 4.69) is 10.6 Å². The lowest BCUT2D eigenvalue weighted by molar-refractivity contribution is -0.384. The summed E-state index contributed by atoms with van der Waals surface area (Å²) in [5.74, 6) is -0.460. The van der Waals surface area contributed by atoms with Gasteiger partial charge in [-0.15, -0.1) is 0 Å². The van der Waals surface area contributed by atoms with Crippen LogP contribution in [0.25, 0.3) is 0 Å². The van der Waals surface area contributed by atoms with Crippen LogP contribution in [0.3, 0.4) is 0 Å². The number of non-ortho nitro benzene ring substituents is 1. The molecule has 2 aliphatic rings. The number of halogens is 2. The maximum absolute atomic E-state index is 13.3. The van der Waals surface area contributed by atoms with Crippen molar-refractivity contribution in [3.05, 3.63) is 79.5 Å². The van der Waals surface area contributed by atoms with Crippen molar-refractivity contribution in [2.45, 2.75) is 31.8 Å². The van der Waals surface area contributed by atoms with Crippen LogP contribution in [-0.2, 0) is 4.79 Å². The highest BCUT2D eigenvalue weighted by Crippen LogP contribution is 2.41. The first kappa shape index (κ1) is 21.1. The molecule has 1 aliphatic carbocycles. The summed E-state index contributed by atoms with van der Waals surface area (Å²) >= 11 is 12.8. The number of carbonyl (C=O) groups excluding carboxylic acids is 2. The molecule has 4 rings (SSSR count). The SMILES string of the molecule is CC1=C(C(=O)Nc2ccc([N+](=O)[O-])cc2)C(c2c(Cl)cccc2Cl)NC(=O)N1C1CC1. The van der Waals surface area contributed by atoms with E-state index in [-0.39, 0.29) is 17.8 Å². The first-order chi connectivity index (χ1) is 14.8. The fourth-order valence-corrected chi connectivity index (χ4v) is 4.31. The van der Waals surface area contributed by atoms with Crippen molar-refractivity contribution < 1.29 is 14.5 Å². The number of nitrogens with one attached hydrogen (secondary N) is 2. The highest BCUT2D eigenvalue weighted by molar-refractivity contribution is 6.36. The number of amides is 3. The third-order valence-corrected chi connectivity index (χ3v) is 5.97. The molecule has 1 unspecified atom stereocenters. The van der Waals surface area contributed by atoms with Gasteiger partial charge in [0, 0.05) is 45.2 Å². The highest BCUT2D eigenvalue weighted by Gasteiger charge is 2.43. The van der Waals surface area contributed by atoms with Crippen LogP contribution in [0.5, 0.6) is 0 Å². The zero-order valence-electron chi connectivity index (χ0n) is 16.4. The van der Waals surface area contributed by atoms with Gasteiger partial charge in [0.15, 0.2) is 0 Å². The van der Waals surface area contributed by atoms with Crippen molar-refractivity contribution in [2.75, 3.05) is 5.32 Å². The number of allylic oxidation sites excluding steroid dienone is 1. The molecule has 2 N–H and O–H groups in total. The Labute approximate surface area is 188 Å². The molecule has 0 bridgehead atoms. The third kappa shape index (κ3) is 4.08. The number of nitro groups is 1. The summed E-state index contributed by atoms with van der Waals surface area (Å²) < 4.78 is 0. The summed E-state index contributed by atoms with van der Waals surface area (Å²) in [5.41, 5.74) is 1.56. The topological polar surface area (TPSA) is 105 Å². The van der Waals surface area contributed by atoms with Crippen LogP contribution < -0.4 is 10.6 Å². The molecule has 0 radical (unpaired) electrons. The van der Waals surface area contributed by atoms with E-state index in [0.29, 0.717) is 32.6 Å². The van der Waals surface area contributed by atoms with Gasteiger partial charge in [-0.25, -0.2) is 4.79 Å². The van der Waals surface area contributed by atoms with Crippen LogP contribution in [-0.4, -0.2) is 27.8 Å². The number of carbonyl (C=O) groups is 2. The van der Waals surface area contributed by atoms with Crippen LogP contribution in [0, 0.1) is 10.1 Å². The maximum Gasteiger partial charge on any atom is 0.322 e. The molecule has 0 saturated heterocycles. The quantitative estimate of drug-likeness (QED) is 0.481. The van der Waals surface area contributed by atoms with Gasteiger partial charge in [0.25, 0.3) is 11.6 Å². The van der Waals surface area contributed by atoms with Crippen molar-refractivity contribution in [1.82, 2.24) is 10.2 Å². The minimum atomic E-state index is -0.846. The van der Waals surface area contributed by atoms with Gasteiger partial charge in [-0.05, 0) is 44.0 Å². The lowest BCUT2D eigenvalue weighted by atomic mass is 9.93. The number of nitrogens with zero attached hydrogens (tertiary/aromatic N) is 2. The maximum atomic E-state index is 13.3. The number of hydrogen-bond acceptors (Lipinski definition) is 4. The molecule has 8 nitrogen and oxygen atoms in total. The van der Waals surface area contributed by atoms with Gasteiger partial charge in [0.05, 0.1) is 16.5 Å². The summed E-state index contributed by atoms with van der Waals surface area (Å²) in [6.45, 7) is 1.72. The van der Waals surface area contributed by atoms with E-state index in [9.17, 15) is 19.7 Å². The fourth-order valence-electron chi connectivity index (χ4n) is 3.69. The van der Waals surface area contributed by atoms with Crippen molar-refractivity contribution in [3.8, 4) is 0 Å². The summed E-state index contributed by atoms with van der Waals surface area (Å²) in [6.07, 6.45) is 1.72. The van der Waals surface area contributed by atoms with Gasteiger partial charge in [0.2, 0.25) is 0 Å². The van der Waals surface area contributed by atoms with Crippen LogP contribution >= 0.6 is 23.2 Å². The molecule has 1 fully saturated rings. The molecular formula is C21H18Cl2N4O4. The van der Waals surface area contributed by atoms with Gasteiger partial charge in [-0.2, -0.15) is 0 Å². The van der Waals surface area contributed by atoms with Crippen molar-refractivity contribution in [1.29, 1.82) is 0 Å². The summed E-state index contributed by atoms with van der Waals surface area (Å²) in [5, 5.41) is 17.1. The Morgan fingerprint density at radius 3 is 2.32 bits per heavy atom. The van der Waals surface area contributed by atoms with E-state index >= 15 is 0 Å². The smallest absolute Gasteiger partial charge is 0.322 e. The Morgan fingerprint density at radius 2 is 1.77 bits per heavy atom. The molecule has 2 aromatic carbocycles. The van der Waals surface area contributed by atoms with Crippen LogP contribution in [0.15, 0.2) is 53.7 Å². The van der Waals surface area contributed by atoms with Gasteiger partial charge in [0.1, 0.15) is 0 Å². The van der Waals surface area contributed by atoms with E-state index in [0.717, 1.165) is 12.8 Å². The van der Waals surface area contributed by atoms with E-state index in [4.69, 9.17) is 23.2 Å². The zero-order valence-corrected chi connectivity index (χ0v) is 17.9. The first-order valence-corrected chi connectivity index (χ1v) is 10.3. The highest BCUT2D eigenvalue weighted by atomic mass is 35.5. The molecule has 1 heterocycles. The Bertz CT molecular complexity index is 1090. The van der Waals surface area contributed by atoms with Gasteiger partial charge >= 0.3 is 6.03 Å². The number of hydrogen-bond donors (Lipinski definition) is 2. The average Bonchev–Trinajstić information content (AvgIpc) is 3.53. The van der Waals surface area contributed by atoms with E-state index in [1.165, 1.54) is 24.3 Å². The molecule has 3 amide bonds. The summed E-state index contributed by atoms with van der Waals surface area (Å²) in [7, 11) is 0. The van der Waals surface area contributed by atoms with E-state index in [1.807, 2.05) is 0 Å². The first-order valence-electron chi connectivity index (χ1n) is 9.58. The lowest BCUT2D eigenvalue weighted by Crippen LogP contribution is -2.49. The van der Waals surface area contributed by atoms with Crippen LogP contribution in [0.4, 0.5) is 16.2 Å². The molecule has 10 heteroatoms. The molecule has 1 aliphatic heterocycles. The van der Waals surface area contributed by atoms with E-state index < -0.39 is 16.9 Å². The minimum Gasteiger partial charge on any atom is -0.326 e. The Kier molecular flexibility index (Phi) is 5.60. The molecule has 0 aromatic heterocycles. The lowest BCUT2D eigenvalue weighted by Gasteiger charge is -2.36. The van der Waals surface area contributed by atoms with Crippen molar-refractivity contribution >= 4 is 46.5 Å². The minimum absolute atomic E-state index is 0.0462. The second-order valence-electron chi connectivity index (χ2n) is 7.38. The van der Waals surface area contributed by atoms with Gasteiger partial charge in [-0.3, -0.25) is 19.8 Å². The normalized spacial score (nSPS) is 18.6. The van der Waals surface area contributed by atoms with E-state index in [1.54, 1.807) is 30.0 Å². The number of benzene rings is 2. The summed E-state index contributed by atoms with van der Waals surface area (Å²) in [6, 6.07) is 9.36. The molecule has 160 valence electrons. The largest absolute Gasteiger partial charge is 0.326 e. The predicted octanol–water partition coefficient (Wildman–Crippen LogP) is 5.04. The van der Waals surface area contributed by atoms with Crippen LogP contribution in [0.1, 0.15) is 31.4 Å². The zero-order chi connectivity index (χ0) is 22.3. The Hall–Kier alpha value is -3.10. The third-order valence-electron chi connectivity index (χ3n) is 5.31. The molecule has 1 atom stereocenters. The second kappa shape index (κ2) is 8.20. The number of urea groups is 1.